The Morgan fingerprint density at radius 3 is 1.95 bits per heavy atom. The fraction of sp³-hybridized carbons (Fsp3) is 0.970. The summed E-state index contributed by atoms with van der Waals surface area (Å²) in [6, 6.07) is 0.674. The number of rotatable bonds is 3. The van der Waals surface area contributed by atoms with Crippen LogP contribution in [0.3, 0.4) is 0 Å². The lowest BCUT2D eigenvalue weighted by molar-refractivity contribution is -0.894. The van der Waals surface area contributed by atoms with Gasteiger partial charge in [0.2, 0.25) is 0 Å². The lowest BCUT2D eigenvalue weighted by Crippen LogP contribution is -2.63. The van der Waals surface area contributed by atoms with E-state index in [4.69, 9.17) is 4.74 Å². The van der Waals surface area contributed by atoms with Crippen LogP contribution in [0.5, 0.6) is 0 Å². The van der Waals surface area contributed by atoms with Gasteiger partial charge in [-0.15, -0.1) is 0 Å². The lowest BCUT2D eigenvalue weighted by Gasteiger charge is -2.62. The quantitative estimate of drug-likeness (QED) is 0.425. The summed E-state index contributed by atoms with van der Waals surface area (Å²) in [6.45, 7) is 15.9. The van der Waals surface area contributed by atoms with Gasteiger partial charge in [0.25, 0.3) is 0 Å². The number of nitrogens with zero attached hydrogens (tertiary/aromatic N) is 4. The molecule has 2 aliphatic heterocycles. The van der Waals surface area contributed by atoms with E-state index >= 15 is 0 Å². The zero-order valence-electron chi connectivity index (χ0n) is 26.8. The number of esters is 1. The fourth-order valence-electron chi connectivity index (χ4n) is 11.1. The highest BCUT2D eigenvalue weighted by atomic mass is 16.5. The minimum absolute atomic E-state index is 0.0194. The molecule has 228 valence electrons. The first kappa shape index (κ1) is 29.3. The second-order valence-corrected chi connectivity index (χ2v) is 16.9. The van der Waals surface area contributed by atoms with Crippen LogP contribution in [0, 0.1) is 34.5 Å². The second-order valence-electron chi connectivity index (χ2n) is 16.9. The van der Waals surface area contributed by atoms with Gasteiger partial charge in [-0.1, -0.05) is 13.8 Å². The van der Waals surface area contributed by atoms with Crippen LogP contribution in [0.15, 0.2) is 0 Å². The summed E-state index contributed by atoms with van der Waals surface area (Å²) in [7, 11) is 9.38. The largest absolute Gasteiger partial charge is 0.460 e. The lowest BCUT2D eigenvalue weighted by atomic mass is 9.44. The molecule has 0 spiro atoms. The summed E-state index contributed by atoms with van der Waals surface area (Å²) in [5.74, 6) is 2.61. The standard InChI is InChI=1S/C33H60N4O3/c1-23(38)40-31-28(34-12-16-36(4,5)17-13-34)21-27-25-9-8-24-20-30(39)29(35-14-18-37(6,7)19-15-35)22-33(24,3)26(25)10-11-32(27,31)2/h24-31,39H,8-22H2,1-7H3/q+2/t24-,25?,26?,27?,28?,29?,30-,31-,32-,33-/m0/s1. The van der Waals surface area contributed by atoms with E-state index < -0.39 is 0 Å². The minimum atomic E-state index is -0.178. The molecule has 0 aromatic carbocycles. The molecule has 2 heterocycles. The average molecular weight is 561 g/mol. The van der Waals surface area contributed by atoms with Crippen molar-refractivity contribution in [2.45, 2.75) is 90.0 Å². The van der Waals surface area contributed by atoms with Crippen LogP contribution in [-0.2, 0) is 9.53 Å². The number of piperazine rings is 2. The van der Waals surface area contributed by atoms with Crippen LogP contribution in [-0.4, -0.2) is 135 Å². The number of carbonyl (C=O) groups is 1. The fourth-order valence-corrected chi connectivity index (χ4v) is 11.1. The van der Waals surface area contributed by atoms with Crippen LogP contribution in [0.1, 0.15) is 65.7 Å². The Hall–Kier alpha value is -0.730. The molecule has 0 bridgehead atoms. The van der Waals surface area contributed by atoms with Crippen molar-refractivity contribution in [3.05, 3.63) is 0 Å². The van der Waals surface area contributed by atoms with Gasteiger partial charge in [-0.25, -0.2) is 0 Å². The average Bonchev–Trinajstić information content (AvgIpc) is 3.16. The molecule has 0 amide bonds. The Balaban J connectivity index is 1.24. The molecule has 0 aromatic rings. The summed E-state index contributed by atoms with van der Waals surface area (Å²) in [5.41, 5.74) is 0.379. The van der Waals surface area contributed by atoms with E-state index in [1.165, 1.54) is 58.3 Å². The van der Waals surface area contributed by atoms with Gasteiger partial charge in [-0.3, -0.25) is 14.6 Å². The van der Waals surface area contributed by atoms with E-state index in [1.54, 1.807) is 6.92 Å². The van der Waals surface area contributed by atoms with Crippen molar-refractivity contribution in [2.24, 2.45) is 34.5 Å². The van der Waals surface area contributed by atoms with Gasteiger partial charge < -0.3 is 18.8 Å². The molecular weight excluding hydrogens is 500 g/mol. The molecule has 4 aliphatic carbocycles. The number of fused-ring (bicyclic) bond motifs is 5. The van der Waals surface area contributed by atoms with Crippen LogP contribution >= 0.6 is 0 Å². The van der Waals surface area contributed by atoms with Crippen molar-refractivity contribution in [2.75, 3.05) is 80.5 Å². The molecule has 0 aromatic heterocycles. The van der Waals surface area contributed by atoms with E-state index in [0.29, 0.717) is 35.3 Å². The van der Waals surface area contributed by atoms with Gasteiger partial charge in [-0.2, -0.15) is 0 Å². The SMILES string of the molecule is CC(=O)O[C@H]1C(N2CC[N+](C)(C)CC2)CC2C3CC[C@H]4C[C@H](O)C(N5CC[N+](C)(C)CC5)C[C@]4(C)C3CC[C@@]21C. The van der Waals surface area contributed by atoms with Crippen LogP contribution in [0.4, 0.5) is 0 Å². The Bertz CT molecular complexity index is 951. The minimum Gasteiger partial charge on any atom is -0.460 e. The Morgan fingerprint density at radius 1 is 0.800 bits per heavy atom. The molecule has 2 saturated heterocycles. The van der Waals surface area contributed by atoms with E-state index in [9.17, 15) is 9.90 Å². The first-order valence-electron chi connectivity index (χ1n) is 16.7. The molecule has 10 atom stereocenters. The molecular formula is C33H60N4O3+2. The van der Waals surface area contributed by atoms with Crippen molar-refractivity contribution >= 4 is 5.97 Å². The summed E-state index contributed by atoms with van der Waals surface area (Å²) < 4.78 is 8.50. The smallest absolute Gasteiger partial charge is 0.302 e. The highest BCUT2D eigenvalue weighted by Gasteiger charge is 2.65. The molecule has 7 nitrogen and oxygen atoms in total. The summed E-state index contributed by atoms with van der Waals surface area (Å²) in [5, 5.41) is 11.4. The van der Waals surface area contributed by atoms with Gasteiger partial charge in [0.1, 0.15) is 6.10 Å². The van der Waals surface area contributed by atoms with Crippen molar-refractivity contribution in [1.29, 1.82) is 0 Å². The van der Waals surface area contributed by atoms with Crippen molar-refractivity contribution in [3.8, 4) is 0 Å². The van der Waals surface area contributed by atoms with Crippen molar-refractivity contribution in [3.63, 3.8) is 0 Å². The van der Waals surface area contributed by atoms with E-state index in [1.807, 2.05) is 0 Å². The monoisotopic (exact) mass is 560 g/mol. The maximum Gasteiger partial charge on any atom is 0.302 e. The molecule has 6 rings (SSSR count). The number of hydrogen-bond acceptors (Lipinski definition) is 5. The van der Waals surface area contributed by atoms with E-state index in [0.717, 1.165) is 53.9 Å². The zero-order valence-corrected chi connectivity index (χ0v) is 26.8. The van der Waals surface area contributed by atoms with Crippen LogP contribution in [0.2, 0.25) is 0 Å². The van der Waals surface area contributed by atoms with Gasteiger partial charge in [0.15, 0.2) is 0 Å². The zero-order chi connectivity index (χ0) is 28.7. The van der Waals surface area contributed by atoms with Crippen molar-refractivity contribution < 1.29 is 23.6 Å². The third-order valence-electron chi connectivity index (χ3n) is 13.8. The topological polar surface area (TPSA) is 53.0 Å². The third kappa shape index (κ3) is 4.98. The number of hydrogen-bond donors (Lipinski definition) is 1. The number of aliphatic hydroxyl groups excluding tert-OH is 1. The molecule has 7 heteroatoms. The summed E-state index contributed by atoms with van der Waals surface area (Å²) in [6.07, 6.45) is 8.16. The summed E-state index contributed by atoms with van der Waals surface area (Å²) >= 11 is 0. The van der Waals surface area contributed by atoms with Crippen LogP contribution < -0.4 is 0 Å². The number of likely N-dealkylation sites (N-methyl/N-ethyl adjacent to an activating group) is 2. The predicted molar refractivity (Wildman–Crippen MR) is 158 cm³/mol. The molecule has 0 radical (unpaired) electrons. The normalized spacial score (nSPS) is 49.0. The number of ether oxygens (including phenoxy) is 1. The van der Waals surface area contributed by atoms with Gasteiger partial charge in [0.05, 0.1) is 60.5 Å². The second kappa shape index (κ2) is 10.2. The Labute approximate surface area is 244 Å². The number of carbonyl (C=O) groups excluding carboxylic acids is 1. The van der Waals surface area contributed by atoms with Gasteiger partial charge in [0, 0.05) is 50.6 Å². The molecule has 5 unspecified atom stereocenters. The first-order chi connectivity index (χ1) is 18.7. The Kier molecular flexibility index (Phi) is 7.47. The van der Waals surface area contributed by atoms with Crippen molar-refractivity contribution in [1.82, 2.24) is 9.80 Å². The van der Waals surface area contributed by atoms with E-state index in [-0.39, 0.29) is 23.6 Å². The highest BCUT2D eigenvalue weighted by molar-refractivity contribution is 5.66. The van der Waals surface area contributed by atoms with Crippen LogP contribution in [0.25, 0.3) is 0 Å². The molecule has 4 saturated carbocycles. The maximum absolute atomic E-state index is 12.5. The molecule has 1 N–H and O–H groups in total. The number of quaternary nitrogens is 2. The molecule has 6 fully saturated rings. The molecule has 6 aliphatic rings. The van der Waals surface area contributed by atoms with Gasteiger partial charge >= 0.3 is 5.97 Å². The first-order valence-corrected chi connectivity index (χ1v) is 16.7. The summed E-state index contributed by atoms with van der Waals surface area (Å²) in [4.78, 5) is 17.8. The highest BCUT2D eigenvalue weighted by Crippen LogP contribution is 2.67. The van der Waals surface area contributed by atoms with Gasteiger partial charge in [-0.05, 0) is 74.0 Å². The maximum atomic E-state index is 12.5. The van der Waals surface area contributed by atoms with E-state index in [2.05, 4.69) is 51.8 Å². The molecule has 40 heavy (non-hydrogen) atoms. The Morgan fingerprint density at radius 2 is 1.38 bits per heavy atom. The predicted octanol–water partition coefficient (Wildman–Crippen LogP) is 3.06. The third-order valence-corrected chi connectivity index (χ3v) is 13.8. The number of aliphatic hydroxyl groups is 1.